The predicted octanol–water partition coefficient (Wildman–Crippen LogP) is 3.19. The first-order valence-corrected chi connectivity index (χ1v) is 7.64. The summed E-state index contributed by atoms with van der Waals surface area (Å²) in [5, 5.41) is 10.8. The van der Waals surface area contributed by atoms with E-state index in [0.29, 0.717) is 12.8 Å². The Morgan fingerprint density at radius 2 is 1.81 bits per heavy atom. The fourth-order valence-corrected chi connectivity index (χ4v) is 2.74. The molecule has 0 spiro atoms. The summed E-state index contributed by atoms with van der Waals surface area (Å²) in [4.78, 5) is 25.9. The van der Waals surface area contributed by atoms with E-state index >= 15 is 0 Å². The number of rotatable bonds is 7. The third-order valence-corrected chi connectivity index (χ3v) is 4.02. The average molecular weight is 303 g/mol. The van der Waals surface area contributed by atoms with Crippen LogP contribution in [0.15, 0.2) is 47.8 Å². The van der Waals surface area contributed by atoms with Gasteiger partial charge in [-0.25, -0.2) is 0 Å². The van der Waals surface area contributed by atoms with Gasteiger partial charge in [-0.1, -0.05) is 24.3 Å². The third-order valence-electron chi connectivity index (χ3n) is 3.08. The Morgan fingerprint density at radius 1 is 1.05 bits per heavy atom. The first-order chi connectivity index (χ1) is 10.2. The number of hydrogen-bond acceptors (Lipinski definition) is 3. The van der Waals surface area contributed by atoms with Crippen molar-refractivity contribution in [1.29, 1.82) is 0 Å². The highest BCUT2D eigenvalue weighted by molar-refractivity contribution is 7.09. The zero-order valence-corrected chi connectivity index (χ0v) is 12.4. The topological polar surface area (TPSA) is 57.6 Å². The molecule has 4 nitrogen and oxygen atoms in total. The van der Waals surface area contributed by atoms with Crippen molar-refractivity contribution in [3.8, 4) is 0 Å². The van der Waals surface area contributed by atoms with Crippen molar-refractivity contribution in [3.05, 3.63) is 52.7 Å². The summed E-state index contributed by atoms with van der Waals surface area (Å²) in [5.74, 6) is -0.946. The van der Waals surface area contributed by atoms with E-state index in [1.165, 1.54) is 0 Å². The van der Waals surface area contributed by atoms with Crippen molar-refractivity contribution >= 4 is 28.9 Å². The van der Waals surface area contributed by atoms with Crippen molar-refractivity contribution in [1.82, 2.24) is 0 Å². The van der Waals surface area contributed by atoms with Crippen molar-refractivity contribution in [3.63, 3.8) is 0 Å². The molecule has 0 aliphatic carbocycles. The molecule has 110 valence electrons. The summed E-state index contributed by atoms with van der Waals surface area (Å²) >= 11 is 1.63. The van der Waals surface area contributed by atoms with Crippen LogP contribution in [-0.4, -0.2) is 23.5 Å². The molecule has 5 heteroatoms. The van der Waals surface area contributed by atoms with E-state index in [0.717, 1.165) is 10.6 Å². The number of anilines is 1. The number of para-hydroxylation sites is 1. The molecule has 1 heterocycles. The van der Waals surface area contributed by atoms with Crippen LogP contribution in [0.2, 0.25) is 0 Å². The minimum atomic E-state index is -0.901. The number of carboxylic acids is 1. The van der Waals surface area contributed by atoms with Gasteiger partial charge < -0.3 is 10.0 Å². The zero-order chi connectivity index (χ0) is 15.1. The molecule has 2 aromatic rings. The van der Waals surface area contributed by atoms with E-state index in [9.17, 15) is 9.59 Å². The summed E-state index contributed by atoms with van der Waals surface area (Å²) < 4.78 is 0. The van der Waals surface area contributed by atoms with Gasteiger partial charge in [0.1, 0.15) is 0 Å². The minimum absolute atomic E-state index is 0.0455. The highest BCUT2D eigenvalue weighted by Crippen LogP contribution is 2.17. The highest BCUT2D eigenvalue weighted by Gasteiger charge is 2.16. The van der Waals surface area contributed by atoms with E-state index in [-0.39, 0.29) is 18.9 Å². The standard InChI is InChI=1S/C16H17NO3S/c18-15(9-8-14-7-4-12-21-14)17(11-10-16(19)20)13-5-2-1-3-6-13/h1-7,12H,8-11H2,(H,19,20). The lowest BCUT2D eigenvalue weighted by molar-refractivity contribution is -0.136. The lowest BCUT2D eigenvalue weighted by atomic mass is 10.2. The largest absolute Gasteiger partial charge is 0.481 e. The molecule has 1 aromatic heterocycles. The van der Waals surface area contributed by atoms with E-state index in [4.69, 9.17) is 5.11 Å². The number of amides is 1. The number of carbonyl (C=O) groups is 2. The molecule has 1 N–H and O–H groups in total. The number of nitrogens with zero attached hydrogens (tertiary/aromatic N) is 1. The molecule has 21 heavy (non-hydrogen) atoms. The van der Waals surface area contributed by atoms with Crippen LogP contribution in [0.5, 0.6) is 0 Å². The summed E-state index contributed by atoms with van der Waals surface area (Å²) in [6, 6.07) is 13.2. The average Bonchev–Trinajstić information content (AvgIpc) is 2.99. The van der Waals surface area contributed by atoms with Gasteiger partial charge in [-0.15, -0.1) is 11.3 Å². The number of thiophene rings is 1. The van der Waals surface area contributed by atoms with Gasteiger partial charge in [0.05, 0.1) is 6.42 Å². The quantitative estimate of drug-likeness (QED) is 0.854. The van der Waals surface area contributed by atoms with Crippen LogP contribution in [0, 0.1) is 0 Å². The van der Waals surface area contributed by atoms with Gasteiger partial charge in [0, 0.05) is 23.5 Å². The van der Waals surface area contributed by atoms with Gasteiger partial charge in [0.15, 0.2) is 0 Å². The van der Waals surface area contributed by atoms with E-state index < -0.39 is 5.97 Å². The summed E-state index contributed by atoms with van der Waals surface area (Å²) in [5.41, 5.74) is 0.745. The van der Waals surface area contributed by atoms with E-state index in [2.05, 4.69) is 0 Å². The molecule has 1 amide bonds. The van der Waals surface area contributed by atoms with Gasteiger partial charge in [-0.3, -0.25) is 9.59 Å². The normalized spacial score (nSPS) is 10.3. The number of hydrogen-bond donors (Lipinski definition) is 1. The molecule has 0 atom stereocenters. The fraction of sp³-hybridized carbons (Fsp3) is 0.250. The van der Waals surface area contributed by atoms with Crippen molar-refractivity contribution < 1.29 is 14.7 Å². The van der Waals surface area contributed by atoms with Crippen LogP contribution in [0.3, 0.4) is 0 Å². The lowest BCUT2D eigenvalue weighted by Gasteiger charge is -2.22. The molecular formula is C16H17NO3S. The molecule has 2 rings (SSSR count). The fourth-order valence-electron chi connectivity index (χ4n) is 2.03. The maximum absolute atomic E-state index is 12.4. The number of carbonyl (C=O) groups excluding carboxylic acids is 1. The van der Waals surface area contributed by atoms with Crippen LogP contribution >= 0.6 is 11.3 Å². The van der Waals surface area contributed by atoms with Gasteiger partial charge >= 0.3 is 5.97 Å². The third kappa shape index (κ3) is 4.72. The van der Waals surface area contributed by atoms with Crippen molar-refractivity contribution in [2.45, 2.75) is 19.3 Å². The maximum atomic E-state index is 12.4. The summed E-state index contributed by atoms with van der Waals surface area (Å²) in [6.45, 7) is 0.197. The molecule has 0 fully saturated rings. The van der Waals surface area contributed by atoms with Crippen LogP contribution in [0.1, 0.15) is 17.7 Å². The number of aryl methyl sites for hydroxylation is 1. The molecule has 0 unspecified atom stereocenters. The van der Waals surface area contributed by atoms with Crippen LogP contribution in [0.4, 0.5) is 5.69 Å². The molecular weight excluding hydrogens is 286 g/mol. The Balaban J connectivity index is 2.03. The second-order valence-electron chi connectivity index (χ2n) is 4.60. The van der Waals surface area contributed by atoms with Crippen LogP contribution in [0.25, 0.3) is 0 Å². The van der Waals surface area contributed by atoms with Crippen molar-refractivity contribution in [2.24, 2.45) is 0 Å². The Bertz CT molecular complexity index is 581. The zero-order valence-electron chi connectivity index (χ0n) is 11.6. The van der Waals surface area contributed by atoms with Crippen LogP contribution in [-0.2, 0) is 16.0 Å². The summed E-state index contributed by atoms with van der Waals surface area (Å²) in [7, 11) is 0. The van der Waals surface area contributed by atoms with E-state index in [1.54, 1.807) is 16.2 Å². The van der Waals surface area contributed by atoms with Gasteiger partial charge in [0.25, 0.3) is 0 Å². The number of carboxylic acid groups (broad SMARTS) is 1. The SMILES string of the molecule is O=C(O)CCN(C(=O)CCc1cccs1)c1ccccc1. The predicted molar refractivity (Wildman–Crippen MR) is 83.7 cm³/mol. The molecule has 0 saturated heterocycles. The molecule has 0 aliphatic heterocycles. The Morgan fingerprint density at radius 3 is 2.43 bits per heavy atom. The first-order valence-electron chi connectivity index (χ1n) is 6.76. The second kappa shape index (κ2) is 7.59. The molecule has 0 radical (unpaired) electrons. The van der Waals surface area contributed by atoms with Gasteiger partial charge in [-0.2, -0.15) is 0 Å². The van der Waals surface area contributed by atoms with Gasteiger partial charge in [-0.05, 0) is 30.0 Å². The first kappa shape index (κ1) is 15.3. The Labute approximate surface area is 127 Å². The maximum Gasteiger partial charge on any atom is 0.305 e. The molecule has 0 aliphatic rings. The second-order valence-corrected chi connectivity index (χ2v) is 5.64. The number of benzene rings is 1. The lowest BCUT2D eigenvalue weighted by Crippen LogP contribution is -2.33. The van der Waals surface area contributed by atoms with Gasteiger partial charge in [0.2, 0.25) is 5.91 Å². The Kier molecular flexibility index (Phi) is 5.51. The van der Waals surface area contributed by atoms with Crippen LogP contribution < -0.4 is 4.90 Å². The summed E-state index contributed by atoms with van der Waals surface area (Å²) in [6.07, 6.45) is 1.02. The molecule has 0 saturated carbocycles. The van der Waals surface area contributed by atoms with Crippen molar-refractivity contribution in [2.75, 3.05) is 11.4 Å². The minimum Gasteiger partial charge on any atom is -0.481 e. The van der Waals surface area contributed by atoms with E-state index in [1.807, 2.05) is 47.8 Å². The smallest absolute Gasteiger partial charge is 0.305 e. The monoisotopic (exact) mass is 303 g/mol. The molecule has 0 bridgehead atoms. The highest BCUT2D eigenvalue weighted by atomic mass is 32.1. The molecule has 1 aromatic carbocycles. The Hall–Kier alpha value is -2.14. The number of aliphatic carboxylic acids is 1.